The van der Waals surface area contributed by atoms with Crippen molar-refractivity contribution in [2.45, 2.75) is 28.8 Å². The number of amides is 1. The highest BCUT2D eigenvalue weighted by atomic mass is 35.6. The fourth-order valence-corrected chi connectivity index (χ4v) is 5.02. The predicted molar refractivity (Wildman–Crippen MR) is 133 cm³/mol. The number of hydrogen-bond donors (Lipinski definition) is 2. The van der Waals surface area contributed by atoms with Crippen molar-refractivity contribution in [2.75, 3.05) is 13.1 Å². The van der Waals surface area contributed by atoms with Crippen LogP contribution in [0, 0.1) is 16.0 Å². The predicted octanol–water partition coefficient (Wildman–Crippen LogP) is 3.18. The Morgan fingerprint density at radius 2 is 1.82 bits per heavy atom. The summed E-state index contributed by atoms with van der Waals surface area (Å²) in [6, 6.07) is 10.3. The lowest BCUT2D eigenvalue weighted by atomic mass is 9.83. The molecule has 4 rings (SSSR count). The average Bonchev–Trinajstić information content (AvgIpc) is 2.78. The Balaban J connectivity index is 1.46. The van der Waals surface area contributed by atoms with Crippen molar-refractivity contribution in [3.05, 3.63) is 74.2 Å². The normalized spacial score (nSPS) is 20.1. The van der Waals surface area contributed by atoms with Gasteiger partial charge in [0.05, 0.1) is 4.92 Å². The number of likely N-dealkylation sites (tertiary alicyclic amines) is 1. The van der Waals surface area contributed by atoms with Gasteiger partial charge in [-0.3, -0.25) is 19.7 Å². The van der Waals surface area contributed by atoms with E-state index in [-0.39, 0.29) is 28.6 Å². The SMILES string of the molecule is O=C(NC(NC(=S)N1C[C@H]2C[C@@H](C1)c1cccc(=O)n1C2)C(Cl)(Cl)Cl)c1ccc([N+](=O)[O-])cc1. The smallest absolute Gasteiger partial charge is 0.269 e. The van der Waals surface area contributed by atoms with Crippen LogP contribution >= 0.6 is 47.0 Å². The fraction of sp³-hybridized carbons (Fsp3) is 0.381. The largest absolute Gasteiger partial charge is 0.348 e. The van der Waals surface area contributed by atoms with Gasteiger partial charge in [0, 0.05) is 55.0 Å². The van der Waals surface area contributed by atoms with Gasteiger partial charge < -0.3 is 20.1 Å². The van der Waals surface area contributed by atoms with E-state index in [4.69, 9.17) is 47.0 Å². The van der Waals surface area contributed by atoms with E-state index < -0.39 is 20.8 Å². The number of nitrogens with zero attached hydrogens (tertiary/aromatic N) is 3. The molecular formula is C21H20Cl3N5O4S. The number of nitro groups is 1. The minimum Gasteiger partial charge on any atom is -0.348 e. The van der Waals surface area contributed by atoms with Crippen molar-refractivity contribution < 1.29 is 9.72 Å². The molecular weight excluding hydrogens is 525 g/mol. The molecule has 13 heteroatoms. The molecule has 3 heterocycles. The van der Waals surface area contributed by atoms with Crippen LogP contribution in [0.3, 0.4) is 0 Å². The molecule has 2 aliphatic rings. The van der Waals surface area contributed by atoms with Crippen molar-refractivity contribution in [1.82, 2.24) is 20.1 Å². The van der Waals surface area contributed by atoms with E-state index in [0.29, 0.717) is 24.7 Å². The maximum absolute atomic E-state index is 12.7. The third-order valence-electron chi connectivity index (χ3n) is 5.98. The third kappa shape index (κ3) is 5.30. The van der Waals surface area contributed by atoms with Crippen LogP contribution in [0.4, 0.5) is 5.69 Å². The molecule has 1 aromatic carbocycles. The molecule has 0 saturated carbocycles. The van der Waals surface area contributed by atoms with Crippen LogP contribution in [0.25, 0.3) is 0 Å². The average molecular weight is 545 g/mol. The number of halogens is 3. The number of pyridine rings is 1. The molecule has 1 aromatic heterocycles. The maximum atomic E-state index is 12.7. The molecule has 1 saturated heterocycles. The quantitative estimate of drug-likeness (QED) is 0.200. The topological polar surface area (TPSA) is 110 Å². The van der Waals surface area contributed by atoms with Gasteiger partial charge in [0.2, 0.25) is 3.79 Å². The van der Waals surface area contributed by atoms with Crippen molar-refractivity contribution in [2.24, 2.45) is 5.92 Å². The highest BCUT2D eigenvalue weighted by Gasteiger charge is 2.39. The van der Waals surface area contributed by atoms with E-state index in [2.05, 4.69) is 10.6 Å². The molecule has 0 spiro atoms. The first-order chi connectivity index (χ1) is 16.0. The van der Waals surface area contributed by atoms with E-state index >= 15 is 0 Å². The zero-order valence-corrected chi connectivity index (χ0v) is 20.7. The number of nitrogens with one attached hydrogen (secondary N) is 2. The number of carbonyl (C=O) groups is 1. The lowest BCUT2D eigenvalue weighted by Crippen LogP contribution is -2.60. The molecule has 3 atom stereocenters. The lowest BCUT2D eigenvalue weighted by molar-refractivity contribution is -0.384. The number of nitro benzene ring substituents is 1. The van der Waals surface area contributed by atoms with Gasteiger partial charge in [-0.2, -0.15) is 0 Å². The minimum atomic E-state index is -1.94. The Morgan fingerprint density at radius 3 is 2.47 bits per heavy atom. The monoisotopic (exact) mass is 543 g/mol. The van der Waals surface area contributed by atoms with E-state index in [1.807, 2.05) is 15.5 Å². The van der Waals surface area contributed by atoms with Gasteiger partial charge in [-0.05, 0) is 42.8 Å². The summed E-state index contributed by atoms with van der Waals surface area (Å²) in [5.74, 6) is -0.237. The second kappa shape index (κ2) is 9.69. The summed E-state index contributed by atoms with van der Waals surface area (Å²) in [5, 5.41) is 16.7. The molecule has 1 fully saturated rings. The number of carbonyl (C=O) groups excluding carboxylic acids is 1. The van der Waals surface area contributed by atoms with Gasteiger partial charge in [-0.1, -0.05) is 40.9 Å². The fourth-order valence-electron chi connectivity index (χ4n) is 4.43. The van der Waals surface area contributed by atoms with Crippen LogP contribution in [0.5, 0.6) is 0 Å². The number of thiocarbonyl (C=S) groups is 1. The first-order valence-electron chi connectivity index (χ1n) is 10.4. The maximum Gasteiger partial charge on any atom is 0.269 e. The highest BCUT2D eigenvalue weighted by Crippen LogP contribution is 2.35. The standard InChI is InChI=1S/C21H20Cl3N5O4S/c22-21(23,24)19(25-18(31)13-4-6-15(7-5-13)29(32)33)26-20(34)27-9-12-8-14(11-27)16-2-1-3-17(30)28(16)10-12/h1-7,12,14,19H,8-11H2,(H,25,31)(H,26,34)/t12-,14+,19?/m1/s1. The third-order valence-corrected chi connectivity index (χ3v) is 7.01. The van der Waals surface area contributed by atoms with E-state index in [9.17, 15) is 19.7 Å². The molecule has 2 aliphatic heterocycles. The van der Waals surface area contributed by atoms with Crippen molar-refractivity contribution in [1.29, 1.82) is 0 Å². The van der Waals surface area contributed by atoms with Crippen LogP contribution in [0.2, 0.25) is 0 Å². The van der Waals surface area contributed by atoms with E-state index in [0.717, 1.165) is 12.1 Å². The number of rotatable bonds is 4. The number of non-ortho nitro benzene ring substituents is 1. The first kappa shape index (κ1) is 24.7. The Hall–Kier alpha value is -2.40. The molecule has 1 amide bonds. The number of aromatic nitrogens is 1. The Bertz CT molecular complexity index is 1180. The van der Waals surface area contributed by atoms with E-state index in [1.165, 1.54) is 24.3 Å². The minimum absolute atomic E-state index is 0.00780. The zero-order valence-electron chi connectivity index (χ0n) is 17.6. The van der Waals surface area contributed by atoms with Gasteiger partial charge >= 0.3 is 0 Å². The van der Waals surface area contributed by atoms with Crippen molar-refractivity contribution in [3.8, 4) is 0 Å². The lowest BCUT2D eigenvalue weighted by Gasteiger charge is -2.44. The molecule has 2 N–H and O–H groups in total. The molecule has 180 valence electrons. The zero-order chi connectivity index (χ0) is 24.6. The van der Waals surface area contributed by atoms with Gasteiger partial charge in [-0.25, -0.2) is 0 Å². The Kier molecular flexibility index (Phi) is 7.04. The van der Waals surface area contributed by atoms with Crippen LogP contribution in [0.1, 0.15) is 28.4 Å². The molecule has 2 bridgehead atoms. The van der Waals surface area contributed by atoms with Crippen LogP contribution in [0.15, 0.2) is 47.3 Å². The summed E-state index contributed by atoms with van der Waals surface area (Å²) >= 11 is 23.9. The second-order valence-corrected chi connectivity index (χ2v) is 11.1. The van der Waals surface area contributed by atoms with Crippen LogP contribution < -0.4 is 16.2 Å². The van der Waals surface area contributed by atoms with Crippen molar-refractivity contribution in [3.63, 3.8) is 0 Å². The summed E-state index contributed by atoms with van der Waals surface area (Å²) in [5.41, 5.74) is 0.979. The van der Waals surface area contributed by atoms with Gasteiger partial charge in [0.25, 0.3) is 17.2 Å². The highest BCUT2D eigenvalue weighted by molar-refractivity contribution is 7.80. The summed E-state index contributed by atoms with van der Waals surface area (Å²) in [7, 11) is 0. The number of hydrogen-bond acceptors (Lipinski definition) is 5. The molecule has 34 heavy (non-hydrogen) atoms. The summed E-state index contributed by atoms with van der Waals surface area (Å²) in [4.78, 5) is 37.1. The van der Waals surface area contributed by atoms with Crippen molar-refractivity contribution >= 4 is 63.7 Å². The molecule has 0 radical (unpaired) electrons. The summed E-state index contributed by atoms with van der Waals surface area (Å²) in [6.07, 6.45) is -0.211. The van der Waals surface area contributed by atoms with Gasteiger partial charge in [0.15, 0.2) is 5.11 Å². The Labute approximate surface area is 215 Å². The number of piperidine rings is 1. The molecule has 9 nitrogen and oxygen atoms in total. The number of fused-ring (bicyclic) bond motifs is 4. The Morgan fingerprint density at radius 1 is 1.12 bits per heavy atom. The van der Waals surface area contributed by atoms with Gasteiger partial charge in [-0.15, -0.1) is 0 Å². The molecule has 0 aliphatic carbocycles. The second-order valence-electron chi connectivity index (χ2n) is 8.30. The summed E-state index contributed by atoms with van der Waals surface area (Å²) in [6.45, 7) is 1.80. The summed E-state index contributed by atoms with van der Waals surface area (Å²) < 4.78 is -0.118. The first-order valence-corrected chi connectivity index (χ1v) is 11.9. The van der Waals surface area contributed by atoms with Gasteiger partial charge in [0.1, 0.15) is 6.17 Å². The number of benzene rings is 1. The number of alkyl halides is 3. The molecule has 2 aromatic rings. The van der Waals surface area contributed by atoms with Crippen LogP contribution in [-0.2, 0) is 6.54 Å². The van der Waals surface area contributed by atoms with E-state index in [1.54, 1.807) is 12.1 Å². The van der Waals surface area contributed by atoms with Crippen LogP contribution in [-0.4, -0.2) is 48.5 Å². The molecule has 1 unspecified atom stereocenters.